The number of nitrogens with one attached hydrogen (secondary N) is 1. The van der Waals surface area contributed by atoms with Crippen LogP contribution in [0.15, 0.2) is 0 Å². The van der Waals surface area contributed by atoms with E-state index < -0.39 is 0 Å². The van der Waals surface area contributed by atoms with Crippen molar-refractivity contribution < 1.29 is 4.79 Å². The van der Waals surface area contributed by atoms with E-state index >= 15 is 0 Å². The highest BCUT2D eigenvalue weighted by Crippen LogP contribution is 2.45. The predicted octanol–water partition coefficient (Wildman–Crippen LogP) is 2.66. The van der Waals surface area contributed by atoms with E-state index in [1.54, 1.807) is 0 Å². The Morgan fingerprint density at radius 2 is 2.11 bits per heavy atom. The maximum absolute atomic E-state index is 12.6. The maximum Gasteiger partial charge on any atom is 0.244 e. The lowest BCUT2D eigenvalue weighted by molar-refractivity contribution is -0.133. The van der Waals surface area contributed by atoms with Gasteiger partial charge in [-0.3, -0.25) is 10.1 Å². The molecule has 0 aromatic rings. The summed E-state index contributed by atoms with van der Waals surface area (Å²) in [6.07, 6.45) is 9.80. The minimum Gasteiger partial charge on any atom is -0.323 e. The van der Waals surface area contributed by atoms with Gasteiger partial charge in [0.1, 0.15) is 0 Å². The molecule has 1 heterocycles. The molecule has 2 unspecified atom stereocenters. The first-order chi connectivity index (χ1) is 8.70. The number of rotatable bonds is 6. The fourth-order valence-corrected chi connectivity index (χ4v) is 3.44. The summed E-state index contributed by atoms with van der Waals surface area (Å²) in [5.41, 5.74) is -0.128. The van der Waals surface area contributed by atoms with Crippen LogP contribution in [-0.4, -0.2) is 28.6 Å². The summed E-state index contributed by atoms with van der Waals surface area (Å²) in [6.45, 7) is 4.45. The van der Waals surface area contributed by atoms with E-state index in [1.807, 2.05) is 0 Å². The smallest absolute Gasteiger partial charge is 0.244 e. The third kappa shape index (κ3) is 2.07. The number of amides is 1. The van der Waals surface area contributed by atoms with Crippen molar-refractivity contribution in [1.29, 1.82) is 0 Å². The zero-order chi connectivity index (χ0) is 12.8. The van der Waals surface area contributed by atoms with Crippen LogP contribution in [0, 0.1) is 5.92 Å². The van der Waals surface area contributed by atoms with E-state index in [2.05, 4.69) is 24.1 Å². The molecule has 1 aliphatic heterocycles. The molecule has 0 bridgehead atoms. The summed E-state index contributed by atoms with van der Waals surface area (Å²) in [6, 6.07) is 0.481. The monoisotopic (exact) mass is 250 g/mol. The Kier molecular flexibility index (Phi) is 3.13. The van der Waals surface area contributed by atoms with Crippen LogP contribution >= 0.6 is 0 Å². The number of carbonyl (C=O) groups is 1. The van der Waals surface area contributed by atoms with Crippen molar-refractivity contribution in [2.75, 3.05) is 0 Å². The Morgan fingerprint density at radius 1 is 1.39 bits per heavy atom. The molecule has 1 amide bonds. The molecule has 102 valence electrons. The molecule has 18 heavy (non-hydrogen) atoms. The summed E-state index contributed by atoms with van der Waals surface area (Å²) in [7, 11) is 0. The first-order valence-electron chi connectivity index (χ1n) is 7.80. The van der Waals surface area contributed by atoms with Gasteiger partial charge in [0.2, 0.25) is 5.91 Å². The van der Waals surface area contributed by atoms with Crippen LogP contribution in [0.2, 0.25) is 0 Å². The van der Waals surface area contributed by atoms with Crippen LogP contribution in [0.3, 0.4) is 0 Å². The highest BCUT2D eigenvalue weighted by atomic mass is 16.2. The Balaban J connectivity index is 1.74. The van der Waals surface area contributed by atoms with E-state index in [4.69, 9.17) is 0 Å². The fourth-order valence-electron chi connectivity index (χ4n) is 3.44. The Bertz CT molecular complexity index is 333. The van der Waals surface area contributed by atoms with E-state index in [1.165, 1.54) is 19.3 Å². The normalized spacial score (nSPS) is 31.1. The minimum absolute atomic E-state index is 0.128. The molecule has 3 heteroatoms. The molecule has 2 atom stereocenters. The molecule has 0 aromatic carbocycles. The summed E-state index contributed by atoms with van der Waals surface area (Å²) in [5.74, 6) is 1.31. The first kappa shape index (κ1) is 12.5. The van der Waals surface area contributed by atoms with Crippen LogP contribution < -0.4 is 5.32 Å². The molecule has 1 spiro atoms. The van der Waals surface area contributed by atoms with Gasteiger partial charge in [0.05, 0.1) is 11.7 Å². The van der Waals surface area contributed by atoms with Crippen molar-refractivity contribution in [1.82, 2.24) is 10.2 Å². The molecular weight excluding hydrogens is 224 g/mol. The molecule has 1 N–H and O–H groups in total. The van der Waals surface area contributed by atoms with Crippen LogP contribution in [0.1, 0.15) is 65.2 Å². The second-order valence-electron chi connectivity index (χ2n) is 6.48. The Morgan fingerprint density at radius 3 is 2.61 bits per heavy atom. The molecule has 1 saturated heterocycles. The van der Waals surface area contributed by atoms with Gasteiger partial charge in [-0.2, -0.15) is 0 Å². The van der Waals surface area contributed by atoms with Crippen LogP contribution in [-0.2, 0) is 4.79 Å². The number of hydrogen-bond donors (Lipinski definition) is 1. The van der Waals surface area contributed by atoms with Crippen molar-refractivity contribution in [2.45, 2.75) is 83.0 Å². The van der Waals surface area contributed by atoms with Crippen LogP contribution in [0.5, 0.6) is 0 Å². The van der Waals surface area contributed by atoms with E-state index in [9.17, 15) is 4.79 Å². The lowest BCUT2D eigenvalue weighted by Crippen LogP contribution is -2.44. The van der Waals surface area contributed by atoms with Gasteiger partial charge in [-0.05, 0) is 38.0 Å². The average molecular weight is 250 g/mol. The van der Waals surface area contributed by atoms with Gasteiger partial charge in [0, 0.05) is 6.04 Å². The summed E-state index contributed by atoms with van der Waals surface area (Å²) >= 11 is 0. The largest absolute Gasteiger partial charge is 0.323 e. The summed E-state index contributed by atoms with van der Waals surface area (Å²) in [4.78, 5) is 14.9. The Labute approximate surface area is 110 Å². The van der Waals surface area contributed by atoms with Crippen LogP contribution in [0.4, 0.5) is 0 Å². The zero-order valence-electron chi connectivity index (χ0n) is 11.7. The third-order valence-electron chi connectivity index (χ3n) is 4.90. The minimum atomic E-state index is -0.128. The van der Waals surface area contributed by atoms with E-state index in [0.29, 0.717) is 18.1 Å². The molecular formula is C15H26N2O. The topological polar surface area (TPSA) is 32.3 Å². The fraction of sp³-hybridized carbons (Fsp3) is 0.933. The predicted molar refractivity (Wildman–Crippen MR) is 72.1 cm³/mol. The molecule has 3 fully saturated rings. The quantitative estimate of drug-likeness (QED) is 0.786. The molecule has 3 aliphatic rings. The molecule has 3 nitrogen and oxygen atoms in total. The van der Waals surface area contributed by atoms with Crippen molar-refractivity contribution in [2.24, 2.45) is 5.92 Å². The van der Waals surface area contributed by atoms with Crippen molar-refractivity contribution in [3.05, 3.63) is 0 Å². The van der Waals surface area contributed by atoms with Gasteiger partial charge in [-0.15, -0.1) is 0 Å². The molecule has 0 aromatic heterocycles. The van der Waals surface area contributed by atoms with Gasteiger partial charge in [0.15, 0.2) is 0 Å². The van der Waals surface area contributed by atoms with Gasteiger partial charge in [0.25, 0.3) is 0 Å². The van der Waals surface area contributed by atoms with Gasteiger partial charge in [-0.1, -0.05) is 33.1 Å². The third-order valence-corrected chi connectivity index (χ3v) is 4.90. The lowest BCUT2D eigenvalue weighted by atomic mass is 10.0. The van der Waals surface area contributed by atoms with Crippen molar-refractivity contribution in [3.63, 3.8) is 0 Å². The summed E-state index contributed by atoms with van der Waals surface area (Å²) in [5, 5.41) is 3.63. The Hall–Kier alpha value is -0.570. The second-order valence-corrected chi connectivity index (χ2v) is 6.48. The van der Waals surface area contributed by atoms with Gasteiger partial charge < -0.3 is 4.90 Å². The van der Waals surface area contributed by atoms with Crippen molar-refractivity contribution in [3.8, 4) is 0 Å². The highest BCUT2D eigenvalue weighted by molar-refractivity contribution is 5.92. The zero-order valence-corrected chi connectivity index (χ0v) is 11.7. The standard InChI is InChI=1S/C15H26N2O/c1-3-5-13-16-15(8-9-15)14(18)17(13)12(4-2)10-11-6-7-11/h11-13,16H,3-10H2,1-2H3. The lowest BCUT2D eigenvalue weighted by Gasteiger charge is -2.32. The van der Waals surface area contributed by atoms with E-state index in [-0.39, 0.29) is 5.54 Å². The molecule has 3 rings (SSSR count). The van der Waals surface area contributed by atoms with Gasteiger partial charge in [-0.25, -0.2) is 0 Å². The molecule has 0 radical (unpaired) electrons. The SMILES string of the molecule is CCCC1NC2(CC2)C(=O)N1C(CC)CC1CC1. The number of carbonyl (C=O) groups excluding carboxylic acids is 1. The number of hydrogen-bond acceptors (Lipinski definition) is 2. The second kappa shape index (κ2) is 4.52. The highest BCUT2D eigenvalue weighted by Gasteiger charge is 2.59. The first-order valence-corrected chi connectivity index (χ1v) is 7.80. The molecule has 2 saturated carbocycles. The molecule has 2 aliphatic carbocycles. The van der Waals surface area contributed by atoms with E-state index in [0.717, 1.165) is 38.0 Å². The average Bonchev–Trinajstić information content (AvgIpc) is 3.23. The van der Waals surface area contributed by atoms with Crippen molar-refractivity contribution >= 4 is 5.91 Å². The summed E-state index contributed by atoms with van der Waals surface area (Å²) < 4.78 is 0. The number of nitrogens with zero attached hydrogens (tertiary/aromatic N) is 1. The maximum atomic E-state index is 12.6. The van der Waals surface area contributed by atoms with Crippen LogP contribution in [0.25, 0.3) is 0 Å². The van der Waals surface area contributed by atoms with Gasteiger partial charge >= 0.3 is 0 Å².